The maximum absolute atomic E-state index is 11.9. The Labute approximate surface area is 113 Å². The quantitative estimate of drug-likeness (QED) is 0.770. The summed E-state index contributed by atoms with van der Waals surface area (Å²) in [6.07, 6.45) is 1.41. The van der Waals surface area contributed by atoms with Gasteiger partial charge in [0.25, 0.3) is 0 Å². The molecule has 0 unspecified atom stereocenters. The van der Waals surface area contributed by atoms with E-state index in [1.54, 1.807) is 11.1 Å². The van der Waals surface area contributed by atoms with Crippen LogP contribution in [0.4, 0.5) is 10.6 Å². The van der Waals surface area contributed by atoms with Crippen molar-refractivity contribution in [3.05, 3.63) is 18.3 Å². The Balaban J connectivity index is 1.88. The second-order valence-corrected chi connectivity index (χ2v) is 5.54. The van der Waals surface area contributed by atoms with Crippen LogP contribution >= 0.6 is 0 Å². The van der Waals surface area contributed by atoms with Gasteiger partial charge in [0, 0.05) is 32.4 Å². The largest absolute Gasteiger partial charge is 0.444 e. The van der Waals surface area contributed by atoms with Crippen LogP contribution in [0.5, 0.6) is 0 Å². The molecule has 0 bridgehead atoms. The molecule has 6 nitrogen and oxygen atoms in total. The third kappa shape index (κ3) is 3.81. The zero-order valence-electron chi connectivity index (χ0n) is 11.7. The number of aromatic nitrogens is 2. The molecule has 0 saturated carbocycles. The molecule has 19 heavy (non-hydrogen) atoms. The van der Waals surface area contributed by atoms with E-state index in [-0.39, 0.29) is 6.09 Å². The molecule has 0 N–H and O–H groups in total. The zero-order chi connectivity index (χ0) is 13.9. The highest BCUT2D eigenvalue weighted by Crippen LogP contribution is 2.14. The van der Waals surface area contributed by atoms with E-state index < -0.39 is 5.60 Å². The van der Waals surface area contributed by atoms with E-state index in [1.165, 1.54) is 0 Å². The highest BCUT2D eigenvalue weighted by Gasteiger charge is 2.26. The number of hydrogen-bond acceptors (Lipinski definition) is 5. The molecule has 1 amide bonds. The fourth-order valence-electron chi connectivity index (χ4n) is 1.91. The van der Waals surface area contributed by atoms with Gasteiger partial charge in [-0.2, -0.15) is 5.10 Å². The summed E-state index contributed by atoms with van der Waals surface area (Å²) in [5.41, 5.74) is -0.445. The topological polar surface area (TPSA) is 58.6 Å². The fourth-order valence-corrected chi connectivity index (χ4v) is 1.91. The van der Waals surface area contributed by atoms with E-state index in [9.17, 15) is 4.79 Å². The van der Waals surface area contributed by atoms with E-state index in [0.29, 0.717) is 13.1 Å². The monoisotopic (exact) mass is 264 g/mol. The Bertz CT molecular complexity index is 422. The van der Waals surface area contributed by atoms with Crippen LogP contribution < -0.4 is 4.90 Å². The van der Waals surface area contributed by atoms with E-state index >= 15 is 0 Å². The van der Waals surface area contributed by atoms with Crippen molar-refractivity contribution in [2.75, 3.05) is 31.1 Å². The van der Waals surface area contributed by atoms with Crippen LogP contribution in [-0.4, -0.2) is 53.0 Å². The first-order valence-electron chi connectivity index (χ1n) is 6.46. The maximum atomic E-state index is 11.9. The fraction of sp³-hybridized carbons (Fsp3) is 0.615. The van der Waals surface area contributed by atoms with Gasteiger partial charge in [0.05, 0.1) is 0 Å². The van der Waals surface area contributed by atoms with Crippen molar-refractivity contribution in [2.24, 2.45) is 0 Å². The molecule has 6 heteroatoms. The van der Waals surface area contributed by atoms with Gasteiger partial charge in [0.2, 0.25) is 0 Å². The van der Waals surface area contributed by atoms with Crippen LogP contribution in [0.2, 0.25) is 0 Å². The third-order valence-electron chi connectivity index (χ3n) is 2.81. The van der Waals surface area contributed by atoms with Crippen LogP contribution in [0.15, 0.2) is 18.3 Å². The Morgan fingerprint density at radius 1 is 1.26 bits per heavy atom. The van der Waals surface area contributed by atoms with Crippen molar-refractivity contribution in [3.8, 4) is 0 Å². The number of ether oxygens (including phenoxy) is 1. The minimum atomic E-state index is -0.445. The molecule has 2 rings (SSSR count). The second kappa shape index (κ2) is 5.42. The van der Waals surface area contributed by atoms with Crippen molar-refractivity contribution in [1.82, 2.24) is 15.1 Å². The van der Waals surface area contributed by atoms with Crippen LogP contribution in [-0.2, 0) is 4.74 Å². The number of piperazine rings is 1. The van der Waals surface area contributed by atoms with E-state index in [2.05, 4.69) is 15.1 Å². The van der Waals surface area contributed by atoms with Crippen LogP contribution in [0, 0.1) is 0 Å². The predicted octanol–water partition coefficient (Wildman–Crippen LogP) is 1.53. The Hall–Kier alpha value is -1.85. The first-order valence-corrected chi connectivity index (χ1v) is 6.46. The van der Waals surface area contributed by atoms with Gasteiger partial charge in [-0.25, -0.2) is 4.79 Å². The van der Waals surface area contributed by atoms with Gasteiger partial charge >= 0.3 is 6.09 Å². The van der Waals surface area contributed by atoms with E-state index in [1.807, 2.05) is 32.9 Å². The SMILES string of the molecule is CC(C)(C)OC(=O)N1CCN(c2cccnn2)CC1. The first kappa shape index (κ1) is 13.6. The maximum Gasteiger partial charge on any atom is 0.410 e. The smallest absolute Gasteiger partial charge is 0.410 e. The van der Waals surface area contributed by atoms with Gasteiger partial charge in [0.15, 0.2) is 5.82 Å². The van der Waals surface area contributed by atoms with Crippen molar-refractivity contribution in [2.45, 2.75) is 26.4 Å². The summed E-state index contributed by atoms with van der Waals surface area (Å²) >= 11 is 0. The van der Waals surface area contributed by atoms with Crippen LogP contribution in [0.3, 0.4) is 0 Å². The predicted molar refractivity (Wildman–Crippen MR) is 72.1 cm³/mol. The molecule has 0 radical (unpaired) electrons. The van der Waals surface area contributed by atoms with Gasteiger partial charge in [-0.1, -0.05) is 0 Å². The summed E-state index contributed by atoms with van der Waals surface area (Å²) in [6.45, 7) is 8.41. The molecule has 1 aromatic rings. The molecule has 0 atom stereocenters. The number of carbonyl (C=O) groups excluding carboxylic acids is 1. The van der Waals surface area contributed by atoms with Gasteiger partial charge in [-0.3, -0.25) is 0 Å². The van der Waals surface area contributed by atoms with Crippen molar-refractivity contribution < 1.29 is 9.53 Å². The van der Waals surface area contributed by atoms with Crippen LogP contribution in [0.25, 0.3) is 0 Å². The van der Waals surface area contributed by atoms with E-state index in [0.717, 1.165) is 18.9 Å². The van der Waals surface area contributed by atoms with Gasteiger partial charge in [-0.05, 0) is 32.9 Å². The number of anilines is 1. The second-order valence-electron chi connectivity index (χ2n) is 5.54. The standard InChI is InChI=1S/C13H20N4O2/c1-13(2,3)19-12(18)17-9-7-16(8-10-17)11-5-4-6-14-15-11/h4-6H,7-10H2,1-3H3. The van der Waals surface area contributed by atoms with Crippen LogP contribution in [0.1, 0.15) is 20.8 Å². The Kier molecular flexibility index (Phi) is 3.87. The number of hydrogen-bond donors (Lipinski definition) is 0. The van der Waals surface area contributed by atoms with E-state index in [4.69, 9.17) is 4.74 Å². The van der Waals surface area contributed by atoms with Gasteiger partial charge < -0.3 is 14.5 Å². The molecule has 2 heterocycles. The summed E-state index contributed by atoms with van der Waals surface area (Å²) in [5, 5.41) is 7.94. The summed E-state index contributed by atoms with van der Waals surface area (Å²) in [6, 6.07) is 3.79. The first-order chi connectivity index (χ1) is 8.96. The lowest BCUT2D eigenvalue weighted by Crippen LogP contribution is -2.50. The molecule has 1 aliphatic heterocycles. The molecular formula is C13H20N4O2. The van der Waals surface area contributed by atoms with Gasteiger partial charge in [-0.15, -0.1) is 5.10 Å². The summed E-state index contributed by atoms with van der Waals surface area (Å²) < 4.78 is 5.36. The average molecular weight is 264 g/mol. The lowest BCUT2D eigenvalue weighted by Gasteiger charge is -2.35. The summed E-state index contributed by atoms with van der Waals surface area (Å²) in [4.78, 5) is 15.8. The molecule has 0 aromatic carbocycles. The minimum absolute atomic E-state index is 0.244. The minimum Gasteiger partial charge on any atom is -0.444 e. The zero-order valence-corrected chi connectivity index (χ0v) is 11.7. The molecule has 0 aliphatic carbocycles. The molecule has 0 spiro atoms. The normalized spacial score (nSPS) is 16.4. The summed E-state index contributed by atoms with van der Waals surface area (Å²) in [5.74, 6) is 0.853. The number of rotatable bonds is 1. The summed E-state index contributed by atoms with van der Waals surface area (Å²) in [7, 11) is 0. The van der Waals surface area contributed by atoms with Crippen molar-refractivity contribution >= 4 is 11.9 Å². The van der Waals surface area contributed by atoms with Crippen molar-refractivity contribution in [3.63, 3.8) is 0 Å². The molecule has 1 saturated heterocycles. The molecular weight excluding hydrogens is 244 g/mol. The highest BCUT2D eigenvalue weighted by atomic mass is 16.6. The number of carbonyl (C=O) groups is 1. The van der Waals surface area contributed by atoms with Gasteiger partial charge in [0.1, 0.15) is 5.60 Å². The highest BCUT2D eigenvalue weighted by molar-refractivity contribution is 5.68. The third-order valence-corrected chi connectivity index (χ3v) is 2.81. The van der Waals surface area contributed by atoms with Crippen molar-refractivity contribution in [1.29, 1.82) is 0 Å². The average Bonchev–Trinajstić information content (AvgIpc) is 2.38. The lowest BCUT2D eigenvalue weighted by molar-refractivity contribution is 0.0240. The molecule has 1 aromatic heterocycles. The molecule has 104 valence electrons. The lowest BCUT2D eigenvalue weighted by atomic mass is 10.2. The Morgan fingerprint density at radius 2 is 1.95 bits per heavy atom. The number of amides is 1. The molecule has 1 aliphatic rings. The Morgan fingerprint density at radius 3 is 2.47 bits per heavy atom. The number of nitrogens with zero attached hydrogens (tertiary/aromatic N) is 4. The molecule has 1 fully saturated rings.